The fraction of sp³-hybridized carbons (Fsp3) is 0.776. The van der Waals surface area contributed by atoms with Crippen molar-refractivity contribution in [1.29, 1.82) is 0 Å². The van der Waals surface area contributed by atoms with Gasteiger partial charge in [0.1, 0.15) is 25.4 Å². The van der Waals surface area contributed by atoms with Gasteiger partial charge in [0.05, 0.1) is 26.4 Å². The summed E-state index contributed by atoms with van der Waals surface area (Å²) in [6, 6.07) is 0. The number of hydrogen-bond acceptors (Lipinski definition) is 14. The largest absolute Gasteiger partial charge is 0.472 e. The lowest BCUT2D eigenvalue weighted by atomic mass is 10.0. The van der Waals surface area contributed by atoms with Gasteiger partial charge in [-0.1, -0.05) is 241 Å². The molecule has 0 aromatic heterocycles. The van der Waals surface area contributed by atoms with Gasteiger partial charge in [0.25, 0.3) is 0 Å². The van der Waals surface area contributed by atoms with Gasteiger partial charge in [-0.25, -0.2) is 9.13 Å². The highest BCUT2D eigenvalue weighted by Gasteiger charge is 2.29. The second-order valence-corrected chi connectivity index (χ2v) is 25.2. The molecule has 0 aliphatic carbocycles. The van der Waals surface area contributed by atoms with Crippen molar-refractivity contribution in [3.05, 3.63) is 72.9 Å². The summed E-state index contributed by atoms with van der Waals surface area (Å²) >= 11 is 0. The molecule has 4 N–H and O–H groups in total. The Morgan fingerprint density at radius 2 is 0.624 bits per heavy atom. The molecular formula is C67H120O16P2. The minimum atomic E-state index is -4.92. The Balaban J connectivity index is 4.68. The Morgan fingerprint density at radius 1 is 0.341 bits per heavy atom. The summed E-state index contributed by atoms with van der Waals surface area (Å²) in [7, 11) is -9.77. The number of carbonyl (C=O) groups is 3. The highest BCUT2D eigenvalue weighted by atomic mass is 31.2. The molecular weight excluding hydrogens is 1120 g/mol. The van der Waals surface area contributed by atoms with Crippen molar-refractivity contribution in [2.24, 2.45) is 0 Å². The van der Waals surface area contributed by atoms with E-state index in [1.165, 1.54) is 103 Å². The number of allylic oxidation sites excluding steroid dienone is 12. The molecule has 0 aromatic carbocycles. The van der Waals surface area contributed by atoms with Crippen molar-refractivity contribution < 1.29 is 75.8 Å². The maximum absolute atomic E-state index is 12.9. The van der Waals surface area contributed by atoms with Crippen molar-refractivity contribution in [2.75, 3.05) is 39.6 Å². The zero-order valence-corrected chi connectivity index (χ0v) is 55.1. The number of phosphoric acid groups is 2. The van der Waals surface area contributed by atoms with Crippen LogP contribution in [0.3, 0.4) is 0 Å². The lowest BCUT2D eigenvalue weighted by Crippen LogP contribution is -2.30. The van der Waals surface area contributed by atoms with Gasteiger partial charge in [0.15, 0.2) is 6.10 Å². The molecule has 16 nitrogen and oxygen atoms in total. The molecule has 0 aliphatic heterocycles. The van der Waals surface area contributed by atoms with E-state index in [1.807, 2.05) is 0 Å². The van der Waals surface area contributed by atoms with Crippen molar-refractivity contribution in [3.63, 3.8) is 0 Å². The number of rotatable bonds is 63. The monoisotopic (exact) mass is 1240 g/mol. The van der Waals surface area contributed by atoms with Crippen LogP contribution in [0.2, 0.25) is 0 Å². The molecule has 0 heterocycles. The highest BCUT2D eigenvalue weighted by molar-refractivity contribution is 7.47. The van der Waals surface area contributed by atoms with E-state index in [1.54, 1.807) is 0 Å². The van der Waals surface area contributed by atoms with Crippen LogP contribution in [-0.4, -0.2) is 95.9 Å². The molecule has 0 aliphatic rings. The van der Waals surface area contributed by atoms with Crippen molar-refractivity contribution in [2.45, 2.75) is 296 Å². The lowest BCUT2D eigenvalue weighted by molar-refractivity contribution is -0.161. The Morgan fingerprint density at radius 3 is 1.01 bits per heavy atom. The van der Waals surface area contributed by atoms with Crippen molar-refractivity contribution in [1.82, 2.24) is 0 Å². The molecule has 0 rings (SSSR count). The van der Waals surface area contributed by atoms with E-state index in [9.17, 15) is 43.5 Å². The second kappa shape index (κ2) is 61.2. The molecule has 0 radical (unpaired) electrons. The van der Waals surface area contributed by atoms with Crippen LogP contribution in [0, 0.1) is 0 Å². The van der Waals surface area contributed by atoms with E-state index in [2.05, 4.69) is 93.7 Å². The molecule has 5 atom stereocenters. The summed E-state index contributed by atoms with van der Waals surface area (Å²) in [5.41, 5.74) is 0. The number of ether oxygens (including phenoxy) is 3. The van der Waals surface area contributed by atoms with E-state index < -0.39 is 91.5 Å². The SMILES string of the molecule is CC/C=C\C/C=C\C/C=C\C/C=C\C/C=C\CCCCCC(=O)OCC(O)COP(=O)(O)OCC(O)COP(=O)(O)OCC(COC(=O)CCCCCCC/C=C\CCCCCCCC)OC(=O)CCCCCCCCCCCCCCCCC. The van der Waals surface area contributed by atoms with Gasteiger partial charge in [-0.15, -0.1) is 0 Å². The first kappa shape index (κ1) is 82.0. The summed E-state index contributed by atoms with van der Waals surface area (Å²) in [4.78, 5) is 58.3. The topological polar surface area (TPSA) is 231 Å². The predicted octanol–water partition coefficient (Wildman–Crippen LogP) is 18.0. The van der Waals surface area contributed by atoms with Gasteiger partial charge in [-0.2, -0.15) is 0 Å². The molecule has 0 saturated heterocycles. The standard InChI is InChI=1S/C67H120O16P2/c1-4-7-10-13-16-19-22-25-28-29-30-31-34-36-38-41-44-47-50-53-65(70)77-56-62(68)57-79-84(73,74)80-58-63(69)59-81-85(75,76)82-61-64(83-67(72)55-52-49-46-43-40-37-33-27-24-21-18-15-12-9-6-3)60-78-66(71)54-51-48-45-42-39-35-32-26-23-20-17-14-11-8-5-2/h7,10,16,19,25-26,28,30-32,36,38,62-64,68-69H,4-6,8-9,11-15,17-18,20-24,27,29,33-35,37,39-61H2,1-3H3,(H,73,74)(H,75,76)/b10-7-,19-16-,28-25-,31-30-,32-26-,38-36-. The first-order chi connectivity index (χ1) is 41.2. The summed E-state index contributed by atoms with van der Waals surface area (Å²) in [6.45, 7) is 2.52. The molecule has 18 heteroatoms. The van der Waals surface area contributed by atoms with E-state index in [4.69, 9.17) is 32.3 Å². The molecule has 0 bridgehead atoms. The summed E-state index contributed by atoms with van der Waals surface area (Å²) < 4.78 is 60.8. The Labute approximate surface area is 515 Å². The van der Waals surface area contributed by atoms with Crippen LogP contribution >= 0.6 is 15.6 Å². The third kappa shape index (κ3) is 62.4. The van der Waals surface area contributed by atoms with E-state index >= 15 is 0 Å². The minimum absolute atomic E-state index is 0.107. The normalized spacial score (nSPS) is 14.8. The number of esters is 3. The summed E-state index contributed by atoms with van der Waals surface area (Å²) in [5, 5.41) is 20.5. The molecule has 0 amide bonds. The van der Waals surface area contributed by atoms with Gasteiger partial charge in [-0.3, -0.25) is 32.5 Å². The smallest absolute Gasteiger partial charge is 0.463 e. The van der Waals surface area contributed by atoms with E-state index in [0.717, 1.165) is 116 Å². The number of phosphoric ester groups is 2. The number of carbonyl (C=O) groups excluding carboxylic acids is 3. The molecule has 0 aromatic rings. The zero-order chi connectivity index (χ0) is 62.4. The first-order valence-electron chi connectivity index (χ1n) is 33.2. The number of hydrogen-bond donors (Lipinski definition) is 4. The molecule has 0 spiro atoms. The van der Waals surface area contributed by atoms with E-state index in [0.29, 0.717) is 19.3 Å². The van der Waals surface area contributed by atoms with Gasteiger partial charge in [-0.05, 0) is 89.9 Å². The van der Waals surface area contributed by atoms with Crippen LogP contribution in [0.4, 0.5) is 0 Å². The molecule has 85 heavy (non-hydrogen) atoms. The van der Waals surface area contributed by atoms with Crippen molar-refractivity contribution >= 4 is 33.6 Å². The molecule has 0 fully saturated rings. The third-order valence-corrected chi connectivity index (χ3v) is 15.8. The Kier molecular flexibility index (Phi) is 59.1. The van der Waals surface area contributed by atoms with Gasteiger partial charge in [0, 0.05) is 19.3 Å². The average molecular weight is 1240 g/mol. The van der Waals surface area contributed by atoms with Crippen LogP contribution in [0.1, 0.15) is 278 Å². The Hall–Kier alpha value is -3.01. The predicted molar refractivity (Wildman–Crippen MR) is 344 cm³/mol. The first-order valence-corrected chi connectivity index (χ1v) is 36.2. The van der Waals surface area contributed by atoms with Gasteiger partial charge < -0.3 is 34.2 Å². The minimum Gasteiger partial charge on any atom is -0.463 e. The number of aliphatic hydroxyl groups excluding tert-OH is 2. The Bertz CT molecular complexity index is 1850. The molecule has 494 valence electrons. The fourth-order valence-electron chi connectivity index (χ4n) is 8.83. The van der Waals surface area contributed by atoms with Crippen LogP contribution in [0.25, 0.3) is 0 Å². The zero-order valence-electron chi connectivity index (χ0n) is 53.3. The maximum Gasteiger partial charge on any atom is 0.472 e. The fourth-order valence-corrected chi connectivity index (χ4v) is 10.4. The van der Waals surface area contributed by atoms with Crippen LogP contribution in [-0.2, 0) is 55.8 Å². The van der Waals surface area contributed by atoms with Crippen LogP contribution in [0.5, 0.6) is 0 Å². The number of unbranched alkanes of at least 4 members (excludes halogenated alkanes) is 28. The van der Waals surface area contributed by atoms with Gasteiger partial charge in [0.2, 0.25) is 0 Å². The molecule has 0 saturated carbocycles. The van der Waals surface area contributed by atoms with E-state index in [-0.39, 0.29) is 19.3 Å². The maximum atomic E-state index is 12.9. The average Bonchev–Trinajstić information content (AvgIpc) is 3.52. The van der Waals surface area contributed by atoms with Crippen molar-refractivity contribution in [3.8, 4) is 0 Å². The highest BCUT2D eigenvalue weighted by Crippen LogP contribution is 2.45. The summed E-state index contributed by atoms with van der Waals surface area (Å²) in [5.74, 6) is -1.60. The summed E-state index contributed by atoms with van der Waals surface area (Å²) in [6.07, 6.45) is 62.4. The lowest BCUT2D eigenvalue weighted by Gasteiger charge is -2.21. The van der Waals surface area contributed by atoms with Crippen LogP contribution in [0.15, 0.2) is 72.9 Å². The third-order valence-electron chi connectivity index (χ3n) is 13.9. The number of aliphatic hydroxyl groups is 2. The van der Waals surface area contributed by atoms with Crippen LogP contribution < -0.4 is 0 Å². The quantitative estimate of drug-likeness (QED) is 0.0146. The second-order valence-electron chi connectivity index (χ2n) is 22.2. The molecule has 5 unspecified atom stereocenters. The van der Waals surface area contributed by atoms with Gasteiger partial charge >= 0.3 is 33.6 Å².